The summed E-state index contributed by atoms with van der Waals surface area (Å²) in [4.78, 5) is 26.7. The maximum Gasteiger partial charge on any atom is 0.251 e. The van der Waals surface area contributed by atoms with E-state index in [2.05, 4.69) is 5.32 Å². The molecule has 2 rings (SSSR count). The fraction of sp³-hybridized carbons (Fsp3) is 0.600. The number of carbonyl (C=O) groups excluding carboxylic acids is 2. The van der Waals surface area contributed by atoms with Gasteiger partial charge in [-0.3, -0.25) is 9.59 Å². The van der Waals surface area contributed by atoms with Gasteiger partial charge in [0.15, 0.2) is 0 Å². The quantitative estimate of drug-likeness (QED) is 0.713. The van der Waals surface area contributed by atoms with Gasteiger partial charge in [0.25, 0.3) is 5.91 Å². The van der Waals surface area contributed by atoms with Gasteiger partial charge in [0.1, 0.15) is 0 Å². The number of likely N-dealkylation sites (tertiary alicyclic amines) is 1. The molecule has 0 atom stereocenters. The van der Waals surface area contributed by atoms with Gasteiger partial charge in [-0.25, -0.2) is 8.42 Å². The summed E-state index contributed by atoms with van der Waals surface area (Å²) in [5.74, 6) is -0.310. The van der Waals surface area contributed by atoms with Crippen LogP contribution < -0.4 is 5.32 Å². The first-order valence-electron chi connectivity index (χ1n) is 9.98. The van der Waals surface area contributed by atoms with Crippen molar-refractivity contribution in [2.45, 2.75) is 51.3 Å². The Hall–Kier alpha value is -1.93. The van der Waals surface area contributed by atoms with E-state index in [1.807, 2.05) is 4.90 Å². The summed E-state index contributed by atoms with van der Waals surface area (Å²) in [6.07, 6.45) is 3.48. The van der Waals surface area contributed by atoms with E-state index in [1.54, 1.807) is 26.8 Å². The summed E-state index contributed by atoms with van der Waals surface area (Å²) in [7, 11) is -3.63. The van der Waals surface area contributed by atoms with Crippen molar-refractivity contribution < 1.29 is 18.0 Å². The maximum absolute atomic E-state index is 12.7. The van der Waals surface area contributed by atoms with Crippen LogP contribution in [0.2, 0.25) is 0 Å². The van der Waals surface area contributed by atoms with Crippen molar-refractivity contribution in [2.24, 2.45) is 0 Å². The minimum atomic E-state index is -3.63. The summed E-state index contributed by atoms with van der Waals surface area (Å²) >= 11 is 0. The third kappa shape index (κ3) is 5.32. The van der Waals surface area contributed by atoms with E-state index in [1.165, 1.54) is 16.4 Å². The van der Waals surface area contributed by atoms with Gasteiger partial charge in [-0.05, 0) is 43.9 Å². The molecule has 1 fully saturated rings. The largest absolute Gasteiger partial charge is 0.352 e. The number of benzene rings is 1. The minimum absolute atomic E-state index is 0.0505. The van der Waals surface area contributed by atoms with E-state index in [-0.39, 0.29) is 29.7 Å². The molecular formula is C20H31N3O4S. The number of aryl methyl sites for hydroxylation is 1. The lowest BCUT2D eigenvalue weighted by atomic mass is 10.1. The summed E-state index contributed by atoms with van der Waals surface area (Å²) in [5, 5.41) is 2.75. The second kappa shape index (κ2) is 10.0. The van der Waals surface area contributed by atoms with Crippen LogP contribution in [0.15, 0.2) is 23.1 Å². The molecule has 0 bridgehead atoms. The lowest BCUT2D eigenvalue weighted by Crippen LogP contribution is -2.38. The number of carbonyl (C=O) groups is 2. The lowest BCUT2D eigenvalue weighted by Gasteiger charge is -2.26. The molecule has 156 valence electrons. The standard InChI is InChI=1S/C20H31N3O4S/c1-4-23(5-2)28(26,27)17-10-9-16(3)18(15-17)20(25)21-12-11-19(24)22-13-7-6-8-14-22/h9-10,15H,4-8,11-14H2,1-3H3,(H,21,25). The highest BCUT2D eigenvalue weighted by atomic mass is 32.2. The van der Waals surface area contributed by atoms with Crippen LogP contribution in [-0.2, 0) is 14.8 Å². The van der Waals surface area contributed by atoms with Crippen LogP contribution in [0, 0.1) is 6.92 Å². The second-order valence-corrected chi connectivity index (χ2v) is 8.95. The fourth-order valence-corrected chi connectivity index (χ4v) is 4.88. The van der Waals surface area contributed by atoms with Crippen molar-refractivity contribution in [3.05, 3.63) is 29.3 Å². The maximum atomic E-state index is 12.7. The number of piperidine rings is 1. The van der Waals surface area contributed by atoms with E-state index in [9.17, 15) is 18.0 Å². The molecular weight excluding hydrogens is 378 g/mol. The lowest BCUT2D eigenvalue weighted by molar-refractivity contribution is -0.131. The molecule has 7 nitrogen and oxygen atoms in total. The van der Waals surface area contributed by atoms with Crippen molar-refractivity contribution in [2.75, 3.05) is 32.7 Å². The molecule has 0 aliphatic carbocycles. The Kier molecular flexibility index (Phi) is 8.00. The average Bonchev–Trinajstić information content (AvgIpc) is 2.69. The number of amides is 2. The number of nitrogens with zero attached hydrogens (tertiary/aromatic N) is 2. The molecule has 1 aromatic rings. The van der Waals surface area contributed by atoms with Crippen molar-refractivity contribution in [1.29, 1.82) is 0 Å². The first-order valence-corrected chi connectivity index (χ1v) is 11.4. The van der Waals surface area contributed by atoms with Gasteiger partial charge >= 0.3 is 0 Å². The highest BCUT2D eigenvalue weighted by Crippen LogP contribution is 2.19. The Morgan fingerprint density at radius 1 is 1.11 bits per heavy atom. The van der Waals surface area contributed by atoms with Crippen LogP contribution in [0.4, 0.5) is 0 Å². The predicted molar refractivity (Wildman–Crippen MR) is 109 cm³/mol. The van der Waals surface area contributed by atoms with Crippen LogP contribution in [0.5, 0.6) is 0 Å². The van der Waals surface area contributed by atoms with Crippen LogP contribution in [0.1, 0.15) is 55.5 Å². The van der Waals surface area contributed by atoms with Crippen LogP contribution >= 0.6 is 0 Å². The van der Waals surface area contributed by atoms with Gasteiger partial charge in [-0.15, -0.1) is 0 Å². The zero-order valence-electron chi connectivity index (χ0n) is 17.0. The van der Waals surface area contributed by atoms with E-state index in [4.69, 9.17) is 0 Å². The van der Waals surface area contributed by atoms with E-state index in [0.29, 0.717) is 24.2 Å². The third-order valence-corrected chi connectivity index (χ3v) is 7.18. The Morgan fingerprint density at radius 3 is 2.36 bits per heavy atom. The number of nitrogens with one attached hydrogen (secondary N) is 1. The molecule has 0 aromatic heterocycles. The van der Waals surface area contributed by atoms with Crippen molar-refractivity contribution in [3.8, 4) is 0 Å². The van der Waals surface area contributed by atoms with Gasteiger partial charge in [0, 0.05) is 44.7 Å². The normalized spacial score (nSPS) is 14.9. The number of hydrogen-bond donors (Lipinski definition) is 1. The molecule has 8 heteroatoms. The topological polar surface area (TPSA) is 86.8 Å². The predicted octanol–water partition coefficient (Wildman–Crippen LogP) is 2.16. The molecule has 1 aliphatic rings. The van der Waals surface area contributed by atoms with Gasteiger partial charge in [0.2, 0.25) is 15.9 Å². The van der Waals surface area contributed by atoms with E-state index < -0.39 is 10.0 Å². The van der Waals surface area contributed by atoms with Crippen LogP contribution in [0.25, 0.3) is 0 Å². The second-order valence-electron chi connectivity index (χ2n) is 7.01. The molecule has 28 heavy (non-hydrogen) atoms. The average molecular weight is 410 g/mol. The first kappa shape index (κ1) is 22.4. The summed E-state index contributed by atoms with van der Waals surface area (Å²) in [5.41, 5.74) is 1.01. The summed E-state index contributed by atoms with van der Waals surface area (Å²) in [6.45, 7) is 7.88. The molecule has 0 spiro atoms. The zero-order chi connectivity index (χ0) is 20.7. The molecule has 1 N–H and O–H groups in total. The van der Waals surface area contributed by atoms with Gasteiger partial charge < -0.3 is 10.2 Å². The van der Waals surface area contributed by atoms with Crippen LogP contribution in [0.3, 0.4) is 0 Å². The highest BCUT2D eigenvalue weighted by Gasteiger charge is 2.23. The Labute approximate surface area is 168 Å². The Bertz CT molecular complexity index is 798. The van der Waals surface area contributed by atoms with Crippen molar-refractivity contribution in [3.63, 3.8) is 0 Å². The molecule has 0 saturated carbocycles. The molecule has 1 aromatic carbocycles. The SMILES string of the molecule is CCN(CC)S(=O)(=O)c1ccc(C)c(C(=O)NCCC(=O)N2CCCCC2)c1. The van der Waals surface area contributed by atoms with Crippen molar-refractivity contribution in [1.82, 2.24) is 14.5 Å². The summed E-state index contributed by atoms with van der Waals surface area (Å²) in [6, 6.07) is 4.59. The monoisotopic (exact) mass is 409 g/mol. The van der Waals surface area contributed by atoms with Gasteiger partial charge in [0.05, 0.1) is 4.90 Å². The zero-order valence-corrected chi connectivity index (χ0v) is 17.8. The molecule has 2 amide bonds. The van der Waals surface area contributed by atoms with Gasteiger partial charge in [-0.2, -0.15) is 4.31 Å². The third-order valence-electron chi connectivity index (χ3n) is 5.13. The molecule has 1 aliphatic heterocycles. The van der Waals surface area contributed by atoms with Crippen molar-refractivity contribution >= 4 is 21.8 Å². The van der Waals surface area contributed by atoms with E-state index in [0.717, 1.165) is 32.4 Å². The molecule has 0 unspecified atom stereocenters. The Balaban J connectivity index is 2.03. The minimum Gasteiger partial charge on any atom is -0.352 e. The molecule has 1 heterocycles. The van der Waals surface area contributed by atoms with E-state index >= 15 is 0 Å². The Morgan fingerprint density at radius 2 is 1.75 bits per heavy atom. The number of sulfonamides is 1. The molecule has 0 radical (unpaired) electrons. The number of rotatable bonds is 8. The first-order chi connectivity index (χ1) is 13.3. The highest BCUT2D eigenvalue weighted by molar-refractivity contribution is 7.89. The number of hydrogen-bond acceptors (Lipinski definition) is 4. The molecule has 1 saturated heterocycles. The fourth-order valence-electron chi connectivity index (χ4n) is 3.40. The van der Waals surface area contributed by atoms with Crippen LogP contribution in [-0.4, -0.2) is 62.2 Å². The van der Waals surface area contributed by atoms with Gasteiger partial charge in [-0.1, -0.05) is 19.9 Å². The smallest absolute Gasteiger partial charge is 0.251 e. The summed E-state index contributed by atoms with van der Waals surface area (Å²) < 4.78 is 26.8.